The highest BCUT2D eigenvalue weighted by Gasteiger charge is 2.24. The minimum absolute atomic E-state index is 0.0300. The number of nitro groups is 1. The molecule has 7 nitrogen and oxygen atoms in total. The van der Waals surface area contributed by atoms with Crippen molar-refractivity contribution in [2.45, 2.75) is 33.0 Å². The van der Waals surface area contributed by atoms with Gasteiger partial charge in [0, 0.05) is 0 Å². The molecule has 0 unspecified atom stereocenters. The normalized spacial score (nSPS) is 10.6. The van der Waals surface area contributed by atoms with Gasteiger partial charge in [-0.15, -0.1) is 6.42 Å². The summed E-state index contributed by atoms with van der Waals surface area (Å²) in [5.74, 6) is 2.17. The molecule has 0 aliphatic rings. The first kappa shape index (κ1) is 16.5. The van der Waals surface area contributed by atoms with Crippen LogP contribution in [-0.4, -0.2) is 21.7 Å². The van der Waals surface area contributed by atoms with Gasteiger partial charge in [0.2, 0.25) is 0 Å². The van der Waals surface area contributed by atoms with E-state index in [0.717, 1.165) is 0 Å². The van der Waals surface area contributed by atoms with Gasteiger partial charge < -0.3 is 9.84 Å². The third kappa shape index (κ3) is 4.47. The molecule has 1 rings (SSSR count). The van der Waals surface area contributed by atoms with Crippen LogP contribution in [0.3, 0.4) is 0 Å². The van der Waals surface area contributed by atoms with Crippen molar-refractivity contribution in [3.8, 4) is 12.3 Å². The van der Waals surface area contributed by atoms with Crippen molar-refractivity contribution < 1.29 is 19.6 Å². The zero-order valence-corrected chi connectivity index (χ0v) is 12.0. The second-order valence-electron chi connectivity index (χ2n) is 5.23. The quantitative estimate of drug-likeness (QED) is 0.506. The van der Waals surface area contributed by atoms with E-state index >= 15 is 0 Å². The summed E-state index contributed by atoms with van der Waals surface area (Å²) in [6.07, 6.45) is 4.39. The Morgan fingerprint density at radius 3 is 2.57 bits per heavy atom. The van der Waals surface area contributed by atoms with Gasteiger partial charge in [-0.2, -0.15) is 0 Å². The van der Waals surface area contributed by atoms with Crippen molar-refractivity contribution >= 4 is 17.5 Å². The van der Waals surface area contributed by atoms with Crippen molar-refractivity contribution in [1.29, 1.82) is 0 Å². The molecule has 0 heterocycles. The van der Waals surface area contributed by atoms with Crippen molar-refractivity contribution in [3.05, 3.63) is 33.4 Å². The second-order valence-corrected chi connectivity index (χ2v) is 5.23. The first-order valence-electron chi connectivity index (χ1n) is 6.06. The van der Waals surface area contributed by atoms with Crippen LogP contribution in [-0.2, 0) is 11.3 Å². The number of aliphatic hydroxyl groups excluding tert-OH is 1. The lowest BCUT2D eigenvalue weighted by molar-refractivity contribution is -0.384. The fraction of sp³-hybridized carbons (Fsp3) is 0.357. The number of amides is 1. The lowest BCUT2D eigenvalue weighted by Crippen LogP contribution is -2.27. The predicted molar refractivity (Wildman–Crippen MR) is 76.8 cm³/mol. The van der Waals surface area contributed by atoms with Crippen LogP contribution in [0.5, 0.6) is 0 Å². The van der Waals surface area contributed by atoms with Gasteiger partial charge in [-0.25, -0.2) is 4.79 Å². The molecular formula is C14H16N2O5. The van der Waals surface area contributed by atoms with Gasteiger partial charge in [-0.1, -0.05) is 5.92 Å². The van der Waals surface area contributed by atoms with Gasteiger partial charge in [0.25, 0.3) is 0 Å². The number of rotatable bonds is 3. The molecule has 0 bridgehead atoms. The molecule has 0 aliphatic heterocycles. The van der Waals surface area contributed by atoms with Crippen LogP contribution in [0.2, 0.25) is 0 Å². The van der Waals surface area contributed by atoms with Gasteiger partial charge in [0.1, 0.15) is 16.9 Å². The number of hydrogen-bond donors (Lipinski definition) is 2. The van der Waals surface area contributed by atoms with E-state index in [1.54, 1.807) is 20.8 Å². The highest BCUT2D eigenvalue weighted by Crippen LogP contribution is 2.30. The van der Waals surface area contributed by atoms with Gasteiger partial charge in [0.15, 0.2) is 0 Å². The van der Waals surface area contributed by atoms with Gasteiger partial charge in [-0.05, 0) is 38.5 Å². The van der Waals surface area contributed by atoms with Crippen LogP contribution in [0.1, 0.15) is 31.9 Å². The Hall–Kier alpha value is -2.59. The molecule has 1 amide bonds. The maximum absolute atomic E-state index is 11.7. The molecule has 0 radical (unpaired) electrons. The van der Waals surface area contributed by atoms with Crippen LogP contribution in [0.15, 0.2) is 12.1 Å². The third-order valence-electron chi connectivity index (χ3n) is 2.33. The number of nitro benzene ring substituents is 1. The monoisotopic (exact) mass is 292 g/mol. The van der Waals surface area contributed by atoms with Crippen LogP contribution in [0.25, 0.3) is 0 Å². The molecule has 0 fully saturated rings. The number of anilines is 1. The van der Waals surface area contributed by atoms with E-state index in [9.17, 15) is 14.9 Å². The molecule has 1 aromatic rings. The minimum Gasteiger partial charge on any atom is -0.444 e. The number of nitrogens with zero attached hydrogens (tertiary/aromatic N) is 1. The largest absolute Gasteiger partial charge is 0.444 e. The maximum atomic E-state index is 11.7. The smallest absolute Gasteiger partial charge is 0.412 e. The first-order chi connectivity index (χ1) is 9.67. The Morgan fingerprint density at radius 1 is 1.52 bits per heavy atom. The number of carbonyl (C=O) groups excluding carboxylic acids is 1. The van der Waals surface area contributed by atoms with Gasteiger partial charge in [0.05, 0.1) is 11.5 Å². The van der Waals surface area contributed by atoms with E-state index in [-0.39, 0.29) is 17.9 Å². The van der Waals surface area contributed by atoms with Crippen molar-refractivity contribution in [2.24, 2.45) is 0 Å². The van der Waals surface area contributed by atoms with Gasteiger partial charge in [-0.3, -0.25) is 15.4 Å². The van der Waals surface area contributed by atoms with Gasteiger partial charge >= 0.3 is 11.8 Å². The summed E-state index contributed by atoms with van der Waals surface area (Å²) < 4.78 is 5.04. The molecule has 1 aromatic carbocycles. The highest BCUT2D eigenvalue weighted by atomic mass is 16.6. The number of benzene rings is 1. The molecule has 112 valence electrons. The highest BCUT2D eigenvalue weighted by molar-refractivity contribution is 5.89. The second kappa shape index (κ2) is 6.24. The molecule has 0 saturated heterocycles. The number of carbonyl (C=O) groups is 1. The standard InChI is InChI=1S/C14H16N2O5/c1-5-10-6-9(8-17)7-11(12(10)16(19)20)15-13(18)21-14(2,3)4/h1,6-7,17H,8H2,2-4H3,(H,15,18). The number of hydrogen-bond acceptors (Lipinski definition) is 5. The molecule has 0 saturated carbocycles. The molecular weight excluding hydrogens is 276 g/mol. The summed E-state index contributed by atoms with van der Waals surface area (Å²) in [5.41, 5.74) is -0.964. The average molecular weight is 292 g/mol. The van der Waals surface area contributed by atoms with E-state index in [0.29, 0.717) is 5.56 Å². The maximum Gasteiger partial charge on any atom is 0.412 e. The topological polar surface area (TPSA) is 102 Å². The molecule has 7 heteroatoms. The molecule has 2 N–H and O–H groups in total. The lowest BCUT2D eigenvalue weighted by atomic mass is 10.1. The van der Waals surface area contributed by atoms with E-state index in [1.165, 1.54) is 12.1 Å². The fourth-order valence-corrected chi connectivity index (χ4v) is 1.60. The van der Waals surface area contributed by atoms with Crippen molar-refractivity contribution in [3.63, 3.8) is 0 Å². The summed E-state index contributed by atoms with van der Waals surface area (Å²) in [5, 5.41) is 22.6. The van der Waals surface area contributed by atoms with E-state index in [1.807, 2.05) is 0 Å². The SMILES string of the molecule is C#Cc1cc(CO)cc(NC(=O)OC(C)(C)C)c1[N+](=O)[O-]. The molecule has 0 aliphatic carbocycles. The summed E-state index contributed by atoms with van der Waals surface area (Å²) in [6.45, 7) is 4.63. The summed E-state index contributed by atoms with van der Waals surface area (Å²) in [6, 6.07) is 2.60. The summed E-state index contributed by atoms with van der Waals surface area (Å²) in [7, 11) is 0. The van der Waals surface area contributed by atoms with E-state index in [4.69, 9.17) is 16.3 Å². The number of nitrogens with one attached hydrogen (secondary N) is 1. The third-order valence-corrected chi connectivity index (χ3v) is 2.33. The van der Waals surface area contributed by atoms with Crippen molar-refractivity contribution in [2.75, 3.05) is 5.32 Å². The van der Waals surface area contributed by atoms with Crippen LogP contribution in [0.4, 0.5) is 16.2 Å². The lowest BCUT2D eigenvalue weighted by Gasteiger charge is -2.19. The predicted octanol–water partition coefficient (Wildman–Crippen LogP) is 2.42. The number of terminal acetylenes is 1. The Balaban J connectivity index is 3.24. The van der Waals surface area contributed by atoms with Crippen LogP contribution in [0, 0.1) is 22.5 Å². The zero-order valence-electron chi connectivity index (χ0n) is 12.0. The van der Waals surface area contributed by atoms with Crippen LogP contribution < -0.4 is 5.32 Å². The Morgan fingerprint density at radius 2 is 2.14 bits per heavy atom. The fourth-order valence-electron chi connectivity index (χ4n) is 1.60. The summed E-state index contributed by atoms with van der Waals surface area (Å²) in [4.78, 5) is 22.2. The molecule has 21 heavy (non-hydrogen) atoms. The Kier molecular flexibility index (Phi) is 4.89. The molecule has 0 atom stereocenters. The Bertz CT molecular complexity index is 611. The first-order valence-corrected chi connectivity index (χ1v) is 6.06. The number of aliphatic hydroxyl groups is 1. The summed E-state index contributed by atoms with van der Waals surface area (Å²) >= 11 is 0. The van der Waals surface area contributed by atoms with Crippen LogP contribution >= 0.6 is 0 Å². The Labute approximate surface area is 122 Å². The zero-order chi connectivity index (χ0) is 16.2. The van der Waals surface area contributed by atoms with Crippen molar-refractivity contribution in [1.82, 2.24) is 0 Å². The molecule has 0 aromatic heterocycles. The van der Waals surface area contributed by atoms with E-state index in [2.05, 4.69) is 11.2 Å². The average Bonchev–Trinajstić information content (AvgIpc) is 2.34. The van der Waals surface area contributed by atoms with E-state index < -0.39 is 22.3 Å². The minimum atomic E-state index is -0.844. The molecule has 0 spiro atoms. The number of ether oxygens (including phenoxy) is 1.